The molecule has 1 N–H and O–H groups in total. The van der Waals surface area contributed by atoms with Crippen molar-refractivity contribution >= 4 is 40.7 Å². The van der Waals surface area contributed by atoms with Crippen LogP contribution in [-0.2, 0) is 0 Å². The number of ketones is 1. The molecule has 1 heterocycles. The fourth-order valence-electron chi connectivity index (χ4n) is 2.29. The molecule has 0 spiro atoms. The largest absolute Gasteiger partial charge is 0.300 e. The lowest BCUT2D eigenvalue weighted by Crippen LogP contribution is -2.15. The van der Waals surface area contributed by atoms with Crippen molar-refractivity contribution in [3.63, 3.8) is 0 Å². The number of nitrogens with one attached hydrogen (secondary N) is 1. The molecule has 8 heteroatoms. The molecule has 0 unspecified atom stereocenters. The average molecular weight is 416 g/mol. The van der Waals surface area contributed by atoms with Gasteiger partial charge in [-0.3, -0.25) is 9.59 Å². The predicted octanol–water partition coefficient (Wildman–Crippen LogP) is 4.59. The fourth-order valence-corrected chi connectivity index (χ4v) is 3.30. The van der Waals surface area contributed by atoms with Crippen molar-refractivity contribution in [2.75, 3.05) is 5.75 Å². The summed E-state index contributed by atoms with van der Waals surface area (Å²) in [6.07, 6.45) is 0. The van der Waals surface area contributed by atoms with Gasteiger partial charge in [-0.25, -0.2) is 4.98 Å². The Kier molecular flexibility index (Phi) is 5.97. The number of rotatable bonds is 5. The molecule has 0 bridgehead atoms. The minimum absolute atomic E-state index is 0.0799. The lowest BCUT2D eigenvalue weighted by Gasteiger charge is -2.07. The van der Waals surface area contributed by atoms with Crippen LogP contribution in [0.3, 0.4) is 0 Å². The maximum Gasteiger partial charge on any atom is 0.270 e. The van der Waals surface area contributed by atoms with E-state index < -0.39 is 5.56 Å². The first kappa shape index (κ1) is 19.2. The first-order valence-corrected chi connectivity index (χ1v) is 9.44. The van der Waals surface area contributed by atoms with Gasteiger partial charge in [-0.1, -0.05) is 47.1 Å². The number of hydrogen-bond acceptors (Lipinski definition) is 5. The standard InChI is InChI=1S/C19H11Cl2N3O2S/c20-13-5-1-11(2-6-13)16(25)10-27-19-23-17(15(9-22)18(26)24-19)12-3-7-14(21)8-4-12/h1-8H,10H2,(H,23,24,26). The minimum Gasteiger partial charge on any atom is -0.300 e. The Balaban J connectivity index is 1.87. The molecule has 0 aliphatic carbocycles. The summed E-state index contributed by atoms with van der Waals surface area (Å²) in [5.74, 6) is -0.0481. The summed E-state index contributed by atoms with van der Waals surface area (Å²) in [7, 11) is 0. The van der Waals surface area contributed by atoms with Crippen molar-refractivity contribution in [1.29, 1.82) is 5.26 Å². The lowest BCUT2D eigenvalue weighted by molar-refractivity contribution is 0.102. The smallest absolute Gasteiger partial charge is 0.270 e. The van der Waals surface area contributed by atoms with E-state index in [1.54, 1.807) is 48.5 Å². The highest BCUT2D eigenvalue weighted by Crippen LogP contribution is 2.24. The molecule has 0 radical (unpaired) electrons. The highest BCUT2D eigenvalue weighted by Gasteiger charge is 2.15. The van der Waals surface area contributed by atoms with Crippen LogP contribution in [0.4, 0.5) is 0 Å². The van der Waals surface area contributed by atoms with Crippen molar-refractivity contribution in [3.05, 3.63) is 80.1 Å². The number of aromatic amines is 1. The first-order chi connectivity index (χ1) is 13.0. The van der Waals surface area contributed by atoms with E-state index in [0.29, 0.717) is 21.2 Å². The van der Waals surface area contributed by atoms with Crippen LogP contribution < -0.4 is 5.56 Å². The zero-order valence-corrected chi connectivity index (χ0v) is 16.0. The van der Waals surface area contributed by atoms with Gasteiger partial charge in [0.1, 0.15) is 11.6 Å². The van der Waals surface area contributed by atoms with Crippen LogP contribution in [0.25, 0.3) is 11.3 Å². The molecule has 1 aromatic heterocycles. The third kappa shape index (κ3) is 4.58. The Bertz CT molecular complexity index is 1090. The summed E-state index contributed by atoms with van der Waals surface area (Å²) >= 11 is 12.8. The monoisotopic (exact) mass is 415 g/mol. The Morgan fingerprint density at radius 3 is 2.26 bits per heavy atom. The number of hydrogen-bond donors (Lipinski definition) is 1. The second kappa shape index (κ2) is 8.40. The van der Waals surface area contributed by atoms with Crippen LogP contribution in [-0.4, -0.2) is 21.5 Å². The molecule has 3 aromatic rings. The van der Waals surface area contributed by atoms with E-state index in [4.69, 9.17) is 23.2 Å². The topological polar surface area (TPSA) is 86.6 Å². The molecule has 0 aliphatic rings. The second-order valence-electron chi connectivity index (χ2n) is 5.43. The molecule has 0 saturated carbocycles. The van der Waals surface area contributed by atoms with Crippen LogP contribution >= 0.6 is 35.0 Å². The van der Waals surface area contributed by atoms with E-state index in [1.807, 2.05) is 6.07 Å². The maximum absolute atomic E-state index is 12.3. The van der Waals surface area contributed by atoms with Gasteiger partial charge in [0.15, 0.2) is 10.9 Å². The highest BCUT2D eigenvalue weighted by molar-refractivity contribution is 7.99. The molecule has 5 nitrogen and oxygen atoms in total. The van der Waals surface area contributed by atoms with Gasteiger partial charge in [-0.05, 0) is 36.4 Å². The Morgan fingerprint density at radius 2 is 1.67 bits per heavy atom. The van der Waals surface area contributed by atoms with Crippen LogP contribution in [0.1, 0.15) is 15.9 Å². The normalized spacial score (nSPS) is 10.4. The van der Waals surface area contributed by atoms with Crippen molar-refractivity contribution in [1.82, 2.24) is 9.97 Å². The van der Waals surface area contributed by atoms with Gasteiger partial charge in [0.25, 0.3) is 5.56 Å². The van der Waals surface area contributed by atoms with Gasteiger partial charge >= 0.3 is 0 Å². The SMILES string of the molecule is N#Cc1c(-c2ccc(Cl)cc2)nc(SCC(=O)c2ccc(Cl)cc2)[nH]c1=O. The van der Waals surface area contributed by atoms with Gasteiger partial charge in [0, 0.05) is 21.2 Å². The average Bonchev–Trinajstić information content (AvgIpc) is 2.67. The van der Waals surface area contributed by atoms with E-state index in [2.05, 4.69) is 9.97 Å². The quantitative estimate of drug-likeness (QED) is 0.374. The highest BCUT2D eigenvalue weighted by atomic mass is 35.5. The van der Waals surface area contributed by atoms with E-state index >= 15 is 0 Å². The Labute approximate surface area is 169 Å². The molecule has 2 aromatic carbocycles. The summed E-state index contributed by atoms with van der Waals surface area (Å²) in [5.41, 5.74) is 0.706. The fraction of sp³-hybridized carbons (Fsp3) is 0.0526. The van der Waals surface area contributed by atoms with Crippen molar-refractivity contribution in [2.24, 2.45) is 0 Å². The van der Waals surface area contributed by atoms with Crippen molar-refractivity contribution in [3.8, 4) is 17.3 Å². The third-order valence-corrected chi connectivity index (χ3v) is 5.01. The number of thioether (sulfide) groups is 1. The minimum atomic E-state index is -0.557. The Hall–Kier alpha value is -2.59. The van der Waals surface area contributed by atoms with Crippen LogP contribution in [0, 0.1) is 11.3 Å². The van der Waals surface area contributed by atoms with Gasteiger partial charge in [-0.2, -0.15) is 5.26 Å². The van der Waals surface area contributed by atoms with Gasteiger partial charge in [0.05, 0.1) is 11.4 Å². The second-order valence-corrected chi connectivity index (χ2v) is 7.27. The summed E-state index contributed by atoms with van der Waals surface area (Å²) in [5, 5.41) is 10.6. The first-order valence-electron chi connectivity index (χ1n) is 7.70. The number of carbonyl (C=O) groups excluding carboxylic acids is 1. The molecule has 0 aliphatic heterocycles. The third-order valence-electron chi connectivity index (χ3n) is 3.63. The lowest BCUT2D eigenvalue weighted by atomic mass is 10.1. The number of carbonyl (C=O) groups is 1. The molecule has 27 heavy (non-hydrogen) atoms. The van der Waals surface area contributed by atoms with Crippen molar-refractivity contribution in [2.45, 2.75) is 5.16 Å². The predicted molar refractivity (Wildman–Crippen MR) is 107 cm³/mol. The van der Waals surface area contributed by atoms with Gasteiger partial charge in [0.2, 0.25) is 0 Å². The maximum atomic E-state index is 12.3. The van der Waals surface area contributed by atoms with E-state index in [1.165, 1.54) is 0 Å². The van der Waals surface area contributed by atoms with E-state index in [9.17, 15) is 14.9 Å². The van der Waals surface area contributed by atoms with Crippen LogP contribution in [0.5, 0.6) is 0 Å². The van der Waals surface area contributed by atoms with E-state index in [0.717, 1.165) is 11.8 Å². The van der Waals surface area contributed by atoms with Crippen LogP contribution in [0.15, 0.2) is 58.5 Å². The zero-order chi connectivity index (χ0) is 19.4. The summed E-state index contributed by atoms with van der Waals surface area (Å²) < 4.78 is 0. The number of Topliss-reactive ketones (excluding diaryl/α,β-unsaturated/α-hetero) is 1. The van der Waals surface area contributed by atoms with Crippen LogP contribution in [0.2, 0.25) is 10.0 Å². The van der Waals surface area contributed by atoms with E-state index in [-0.39, 0.29) is 27.9 Å². The molecule has 0 atom stereocenters. The summed E-state index contributed by atoms with van der Waals surface area (Å²) in [6.45, 7) is 0. The summed E-state index contributed by atoms with van der Waals surface area (Å²) in [4.78, 5) is 31.4. The molecule has 0 fully saturated rings. The molecule has 0 amide bonds. The Morgan fingerprint density at radius 1 is 1.07 bits per heavy atom. The number of nitrogens with zero attached hydrogens (tertiary/aromatic N) is 2. The number of benzene rings is 2. The molecular formula is C19H11Cl2N3O2S. The molecule has 3 rings (SSSR count). The number of aromatic nitrogens is 2. The zero-order valence-electron chi connectivity index (χ0n) is 13.7. The summed E-state index contributed by atoms with van der Waals surface area (Å²) in [6, 6.07) is 15.1. The van der Waals surface area contributed by atoms with Crippen molar-refractivity contribution < 1.29 is 4.79 Å². The van der Waals surface area contributed by atoms with Gasteiger partial charge < -0.3 is 4.98 Å². The molecular weight excluding hydrogens is 405 g/mol. The van der Waals surface area contributed by atoms with Gasteiger partial charge in [-0.15, -0.1) is 0 Å². The molecule has 134 valence electrons. The number of H-pyrrole nitrogens is 1. The number of halogens is 2. The molecule has 0 saturated heterocycles. The number of nitriles is 1.